The highest BCUT2D eigenvalue weighted by molar-refractivity contribution is 7.89. The predicted octanol–water partition coefficient (Wildman–Crippen LogP) is -0.615. The number of aromatic nitrogens is 2. The average molecular weight is 173 g/mol. The number of nitrogens with one attached hydrogen (secondary N) is 1. The van der Waals surface area contributed by atoms with Crippen LogP contribution in [0.2, 0.25) is 0 Å². The van der Waals surface area contributed by atoms with Crippen LogP contribution in [0.4, 0.5) is 0 Å². The molecule has 0 aliphatic heterocycles. The van der Waals surface area contributed by atoms with Gasteiger partial charge in [0.25, 0.3) is 10.0 Å². The molecule has 0 bridgehead atoms. The Hall–Kier alpha value is -1.01. The Kier molecular flexibility index (Phi) is 2.16. The first-order valence-electron chi connectivity index (χ1n) is 2.86. The molecule has 0 atom stereocenters. The zero-order valence-electron chi connectivity index (χ0n) is 5.85. The van der Waals surface area contributed by atoms with Gasteiger partial charge in [-0.2, -0.15) is 0 Å². The Bertz CT molecular complexity index is 321. The Balaban J connectivity index is 3.14. The van der Waals surface area contributed by atoms with Crippen molar-refractivity contribution in [1.82, 2.24) is 14.7 Å². The van der Waals surface area contributed by atoms with E-state index in [1.807, 2.05) is 0 Å². The maximum atomic E-state index is 11.0. The number of rotatable bonds is 2. The quantitative estimate of drug-likeness (QED) is 0.605. The monoisotopic (exact) mass is 173 g/mol. The van der Waals surface area contributed by atoms with Gasteiger partial charge in [0.15, 0.2) is 5.03 Å². The van der Waals surface area contributed by atoms with Crippen LogP contribution in [0.5, 0.6) is 0 Å². The molecular weight excluding hydrogens is 166 g/mol. The van der Waals surface area contributed by atoms with Crippen molar-refractivity contribution >= 4 is 10.0 Å². The van der Waals surface area contributed by atoms with E-state index in [0.29, 0.717) is 0 Å². The Morgan fingerprint density at radius 2 is 2.27 bits per heavy atom. The smallest absolute Gasteiger partial charge is 0.245 e. The summed E-state index contributed by atoms with van der Waals surface area (Å²) in [5.74, 6) is 0. The Labute approximate surface area is 64.5 Å². The number of hydrogen-bond donors (Lipinski definition) is 1. The van der Waals surface area contributed by atoms with Gasteiger partial charge in [0.1, 0.15) is 6.33 Å². The maximum absolute atomic E-state index is 11.0. The van der Waals surface area contributed by atoms with Crippen LogP contribution in [0.1, 0.15) is 0 Å². The summed E-state index contributed by atoms with van der Waals surface area (Å²) < 4.78 is 24.1. The average Bonchev–Trinajstić information content (AvgIpc) is 2.06. The van der Waals surface area contributed by atoms with Crippen LogP contribution in [0, 0.1) is 0 Å². The highest BCUT2D eigenvalue weighted by Crippen LogP contribution is 1.99. The zero-order chi connectivity index (χ0) is 8.32. The third-order valence-corrected chi connectivity index (χ3v) is 2.43. The second kappa shape index (κ2) is 2.93. The molecule has 1 N–H and O–H groups in total. The first-order chi connectivity index (χ1) is 5.17. The predicted molar refractivity (Wildman–Crippen MR) is 38.3 cm³/mol. The standard InChI is InChI=1S/C5H7N3O2S/c1-6-11(9,10)5-2-3-7-4-8-5/h2-4,6H,1H3. The van der Waals surface area contributed by atoms with E-state index >= 15 is 0 Å². The van der Waals surface area contributed by atoms with E-state index in [-0.39, 0.29) is 5.03 Å². The minimum absolute atomic E-state index is 0.0185. The minimum atomic E-state index is -3.40. The second-order valence-electron chi connectivity index (χ2n) is 1.76. The number of nitrogens with zero attached hydrogens (tertiary/aromatic N) is 2. The lowest BCUT2D eigenvalue weighted by molar-refractivity contribution is 0.584. The van der Waals surface area contributed by atoms with Crippen molar-refractivity contribution in [2.24, 2.45) is 0 Å². The van der Waals surface area contributed by atoms with Gasteiger partial charge in [-0.3, -0.25) is 0 Å². The van der Waals surface area contributed by atoms with Gasteiger partial charge in [0, 0.05) is 6.20 Å². The lowest BCUT2D eigenvalue weighted by Crippen LogP contribution is -2.19. The first-order valence-corrected chi connectivity index (χ1v) is 4.34. The van der Waals surface area contributed by atoms with Gasteiger partial charge >= 0.3 is 0 Å². The summed E-state index contributed by atoms with van der Waals surface area (Å²) in [6.45, 7) is 0. The molecule has 0 radical (unpaired) electrons. The van der Waals surface area contributed by atoms with Gasteiger partial charge in [0.05, 0.1) is 0 Å². The van der Waals surface area contributed by atoms with Crippen LogP contribution < -0.4 is 4.72 Å². The van der Waals surface area contributed by atoms with Gasteiger partial charge in [-0.05, 0) is 13.1 Å². The van der Waals surface area contributed by atoms with Crippen LogP contribution in [-0.2, 0) is 10.0 Å². The molecule has 1 aromatic heterocycles. The molecule has 0 spiro atoms. The van der Waals surface area contributed by atoms with E-state index in [4.69, 9.17) is 0 Å². The summed E-state index contributed by atoms with van der Waals surface area (Å²) in [6, 6.07) is 1.33. The largest absolute Gasteiger partial charge is 0.257 e. The molecule has 1 aromatic rings. The molecule has 1 heterocycles. The molecule has 6 heteroatoms. The number of hydrogen-bond acceptors (Lipinski definition) is 4. The SMILES string of the molecule is CNS(=O)(=O)c1ccncn1. The molecular formula is C5H7N3O2S. The third kappa shape index (κ3) is 1.72. The topological polar surface area (TPSA) is 72.0 Å². The van der Waals surface area contributed by atoms with Gasteiger partial charge in [0.2, 0.25) is 0 Å². The molecule has 11 heavy (non-hydrogen) atoms. The fourth-order valence-corrected chi connectivity index (χ4v) is 1.18. The third-order valence-electron chi connectivity index (χ3n) is 1.10. The van der Waals surface area contributed by atoms with Crippen molar-refractivity contribution in [3.05, 3.63) is 18.6 Å². The fraction of sp³-hybridized carbons (Fsp3) is 0.200. The van der Waals surface area contributed by atoms with E-state index in [2.05, 4.69) is 14.7 Å². The van der Waals surface area contributed by atoms with Crippen LogP contribution in [0.3, 0.4) is 0 Å². The van der Waals surface area contributed by atoms with E-state index in [1.54, 1.807) is 0 Å². The Morgan fingerprint density at radius 1 is 1.55 bits per heavy atom. The fourth-order valence-electron chi connectivity index (χ4n) is 0.542. The van der Waals surface area contributed by atoms with Crippen molar-refractivity contribution in [2.75, 3.05) is 7.05 Å². The van der Waals surface area contributed by atoms with E-state index in [1.165, 1.54) is 25.6 Å². The molecule has 0 amide bonds. The minimum Gasteiger partial charge on any atom is -0.245 e. The van der Waals surface area contributed by atoms with Gasteiger partial charge in [-0.1, -0.05) is 0 Å². The molecule has 60 valence electrons. The van der Waals surface area contributed by atoms with Crippen molar-refractivity contribution in [3.8, 4) is 0 Å². The lowest BCUT2D eigenvalue weighted by atomic mass is 10.7. The lowest BCUT2D eigenvalue weighted by Gasteiger charge is -1.97. The summed E-state index contributed by atoms with van der Waals surface area (Å²) in [4.78, 5) is 7.15. The molecule has 0 aromatic carbocycles. The molecule has 0 saturated heterocycles. The van der Waals surface area contributed by atoms with Crippen molar-refractivity contribution < 1.29 is 8.42 Å². The zero-order valence-corrected chi connectivity index (χ0v) is 6.67. The molecule has 1 rings (SSSR count). The highest BCUT2D eigenvalue weighted by Gasteiger charge is 2.10. The number of sulfonamides is 1. The van der Waals surface area contributed by atoms with Crippen molar-refractivity contribution in [3.63, 3.8) is 0 Å². The first kappa shape index (κ1) is 8.09. The van der Waals surface area contributed by atoms with Crippen LogP contribution in [-0.4, -0.2) is 25.4 Å². The summed E-state index contributed by atoms with van der Waals surface area (Å²) in [6.07, 6.45) is 2.56. The maximum Gasteiger partial charge on any atom is 0.257 e. The summed E-state index contributed by atoms with van der Waals surface area (Å²) in [5, 5.41) is -0.0185. The van der Waals surface area contributed by atoms with E-state index in [0.717, 1.165) is 0 Å². The van der Waals surface area contributed by atoms with E-state index in [9.17, 15) is 8.42 Å². The molecule has 5 nitrogen and oxygen atoms in total. The van der Waals surface area contributed by atoms with Gasteiger partial charge in [-0.25, -0.2) is 23.1 Å². The van der Waals surface area contributed by atoms with Crippen LogP contribution in [0.25, 0.3) is 0 Å². The molecule has 0 fully saturated rings. The van der Waals surface area contributed by atoms with E-state index < -0.39 is 10.0 Å². The highest BCUT2D eigenvalue weighted by atomic mass is 32.2. The molecule has 0 unspecified atom stereocenters. The summed E-state index contributed by atoms with van der Waals surface area (Å²) >= 11 is 0. The van der Waals surface area contributed by atoms with Crippen molar-refractivity contribution in [2.45, 2.75) is 5.03 Å². The summed E-state index contributed by atoms with van der Waals surface area (Å²) in [5.41, 5.74) is 0. The molecule has 0 saturated carbocycles. The summed E-state index contributed by atoms with van der Waals surface area (Å²) in [7, 11) is -2.07. The normalized spacial score (nSPS) is 11.4. The van der Waals surface area contributed by atoms with Gasteiger partial charge < -0.3 is 0 Å². The molecule has 0 aliphatic carbocycles. The van der Waals surface area contributed by atoms with Crippen molar-refractivity contribution in [1.29, 1.82) is 0 Å². The second-order valence-corrected chi connectivity index (χ2v) is 3.59. The Morgan fingerprint density at radius 3 is 2.73 bits per heavy atom. The van der Waals surface area contributed by atoms with Gasteiger partial charge in [-0.15, -0.1) is 0 Å². The van der Waals surface area contributed by atoms with Crippen LogP contribution >= 0.6 is 0 Å². The van der Waals surface area contributed by atoms with Crippen LogP contribution in [0.15, 0.2) is 23.6 Å². The molecule has 0 aliphatic rings.